The van der Waals surface area contributed by atoms with Crippen LogP contribution in [0.4, 0.5) is 18.9 Å². The van der Waals surface area contributed by atoms with Crippen LogP contribution in [0.5, 0.6) is 0 Å². The van der Waals surface area contributed by atoms with Gasteiger partial charge in [0.15, 0.2) is 12.0 Å². The number of hydrogen-bond donors (Lipinski definition) is 0. The highest BCUT2D eigenvalue weighted by molar-refractivity contribution is 5.69. The van der Waals surface area contributed by atoms with Crippen LogP contribution in [0.1, 0.15) is 29.3 Å². The van der Waals surface area contributed by atoms with Gasteiger partial charge >= 0.3 is 6.18 Å². The number of para-hydroxylation sites is 1. The number of imidazole rings is 1. The molecule has 1 atom stereocenters. The molecule has 0 saturated heterocycles. The second-order valence-corrected chi connectivity index (χ2v) is 7.25. The Morgan fingerprint density at radius 1 is 1.09 bits per heavy atom. The lowest BCUT2D eigenvalue weighted by molar-refractivity contribution is -0.385. The number of benzene rings is 2. The summed E-state index contributed by atoms with van der Waals surface area (Å²) >= 11 is 0. The molecule has 32 heavy (non-hydrogen) atoms. The van der Waals surface area contributed by atoms with Crippen molar-refractivity contribution < 1.29 is 22.8 Å². The van der Waals surface area contributed by atoms with Crippen LogP contribution in [-0.4, -0.2) is 25.9 Å². The van der Waals surface area contributed by atoms with E-state index in [4.69, 9.17) is 4.74 Å². The molecule has 2 heterocycles. The topological polar surface area (TPSA) is 73.4 Å². The van der Waals surface area contributed by atoms with Crippen molar-refractivity contribution >= 4 is 11.4 Å². The number of aromatic nitrogens is 2. The smallest absolute Gasteiger partial charge is 0.416 e. The number of aryl methyl sites for hydroxylation is 1. The first-order chi connectivity index (χ1) is 15.3. The molecular weight excluding hydrogens is 425 g/mol. The van der Waals surface area contributed by atoms with Gasteiger partial charge in [-0.3, -0.25) is 10.1 Å². The first kappa shape index (κ1) is 21.4. The number of nitrogens with zero attached hydrogens (tertiary/aromatic N) is 4. The molecular formula is C22H19F3N4O3. The molecule has 166 valence electrons. The SMILES string of the molecule is O=[N+]([O-])c1ccccc1C1=CN(CCCn2ccnc2)C(c2ccc(C(F)(F)F)cc2)O1. The van der Waals surface area contributed by atoms with Gasteiger partial charge in [0.1, 0.15) is 0 Å². The Balaban J connectivity index is 1.60. The van der Waals surface area contributed by atoms with E-state index in [1.165, 1.54) is 18.2 Å². The van der Waals surface area contributed by atoms with Gasteiger partial charge in [0.25, 0.3) is 5.69 Å². The highest BCUT2D eigenvalue weighted by atomic mass is 19.4. The van der Waals surface area contributed by atoms with Gasteiger partial charge in [-0.2, -0.15) is 13.2 Å². The predicted molar refractivity (Wildman–Crippen MR) is 110 cm³/mol. The summed E-state index contributed by atoms with van der Waals surface area (Å²) in [5.74, 6) is 0.296. The predicted octanol–water partition coefficient (Wildman–Crippen LogP) is 5.23. The molecule has 0 N–H and O–H groups in total. The standard InChI is InChI=1S/C22H19F3N4O3/c23-22(24,25)17-8-6-16(7-9-17)21-28(12-3-11-27-13-10-26-15-27)14-20(32-21)18-4-1-2-5-19(18)29(30)31/h1-2,4-10,13-15,21H,3,11-12H2. The molecule has 4 rings (SSSR count). The van der Waals surface area contributed by atoms with Crippen molar-refractivity contribution in [3.63, 3.8) is 0 Å². The molecule has 0 aliphatic carbocycles. The second kappa shape index (κ2) is 8.74. The number of ether oxygens (including phenoxy) is 1. The van der Waals surface area contributed by atoms with E-state index in [0.717, 1.165) is 12.1 Å². The van der Waals surface area contributed by atoms with Crippen molar-refractivity contribution in [2.45, 2.75) is 25.4 Å². The first-order valence-electron chi connectivity index (χ1n) is 9.84. The highest BCUT2D eigenvalue weighted by Gasteiger charge is 2.33. The minimum Gasteiger partial charge on any atom is -0.464 e. The Morgan fingerprint density at radius 3 is 2.50 bits per heavy atom. The zero-order chi connectivity index (χ0) is 22.7. The molecule has 1 unspecified atom stereocenters. The number of nitro benzene ring substituents is 1. The van der Waals surface area contributed by atoms with Crippen molar-refractivity contribution in [2.24, 2.45) is 0 Å². The second-order valence-electron chi connectivity index (χ2n) is 7.25. The van der Waals surface area contributed by atoms with Crippen LogP contribution in [0.2, 0.25) is 0 Å². The van der Waals surface area contributed by atoms with Gasteiger partial charge in [0.2, 0.25) is 0 Å². The van der Waals surface area contributed by atoms with Gasteiger partial charge in [-0.15, -0.1) is 0 Å². The van der Waals surface area contributed by atoms with Crippen molar-refractivity contribution in [1.29, 1.82) is 0 Å². The van der Waals surface area contributed by atoms with Crippen LogP contribution >= 0.6 is 0 Å². The zero-order valence-electron chi connectivity index (χ0n) is 16.8. The molecule has 3 aromatic rings. The van der Waals surface area contributed by atoms with Gasteiger partial charge in [-0.25, -0.2) is 4.98 Å². The summed E-state index contributed by atoms with van der Waals surface area (Å²) in [5, 5.41) is 11.4. The Labute approximate surface area is 181 Å². The average molecular weight is 444 g/mol. The molecule has 10 heteroatoms. The molecule has 0 fully saturated rings. The molecule has 0 amide bonds. The van der Waals surface area contributed by atoms with Gasteiger partial charge in [0, 0.05) is 43.3 Å². The molecule has 0 bridgehead atoms. The van der Waals surface area contributed by atoms with Gasteiger partial charge in [0.05, 0.1) is 22.4 Å². The Kier molecular flexibility index (Phi) is 5.85. The Hall–Kier alpha value is -3.82. The molecule has 1 aliphatic heterocycles. The quantitative estimate of drug-likeness (QED) is 0.369. The molecule has 1 aliphatic rings. The Morgan fingerprint density at radius 2 is 1.84 bits per heavy atom. The lowest BCUT2D eigenvalue weighted by atomic mass is 10.1. The largest absolute Gasteiger partial charge is 0.464 e. The van der Waals surface area contributed by atoms with Crippen molar-refractivity contribution in [1.82, 2.24) is 14.5 Å². The number of alkyl halides is 3. The Bertz CT molecular complexity index is 1110. The third kappa shape index (κ3) is 4.58. The molecule has 0 spiro atoms. The zero-order valence-corrected chi connectivity index (χ0v) is 16.8. The van der Waals surface area contributed by atoms with Crippen molar-refractivity contribution in [3.05, 3.63) is 100 Å². The van der Waals surface area contributed by atoms with E-state index in [1.807, 2.05) is 15.7 Å². The lowest BCUT2D eigenvalue weighted by Crippen LogP contribution is -2.23. The number of halogens is 3. The fraction of sp³-hybridized carbons (Fsp3) is 0.227. The number of nitro groups is 1. The highest BCUT2D eigenvalue weighted by Crippen LogP contribution is 2.40. The minimum absolute atomic E-state index is 0.106. The van der Waals surface area contributed by atoms with Crippen LogP contribution in [0.15, 0.2) is 73.5 Å². The summed E-state index contributed by atoms with van der Waals surface area (Å²) < 4.78 is 46.8. The third-order valence-electron chi connectivity index (χ3n) is 5.10. The molecule has 2 aromatic carbocycles. The van der Waals surface area contributed by atoms with Crippen molar-refractivity contribution in [3.8, 4) is 0 Å². The van der Waals surface area contributed by atoms with Gasteiger partial charge in [-0.1, -0.05) is 24.3 Å². The van der Waals surface area contributed by atoms with E-state index in [9.17, 15) is 23.3 Å². The third-order valence-corrected chi connectivity index (χ3v) is 5.10. The monoisotopic (exact) mass is 444 g/mol. The number of rotatable bonds is 7. The summed E-state index contributed by atoms with van der Waals surface area (Å²) in [6, 6.07) is 10.9. The fourth-order valence-corrected chi connectivity index (χ4v) is 3.54. The van der Waals surface area contributed by atoms with E-state index in [2.05, 4.69) is 4.98 Å². The van der Waals surface area contributed by atoms with Gasteiger partial charge in [-0.05, 0) is 24.6 Å². The maximum atomic E-state index is 13.0. The number of hydrogen-bond acceptors (Lipinski definition) is 5. The minimum atomic E-state index is -4.44. The molecule has 0 radical (unpaired) electrons. The maximum Gasteiger partial charge on any atom is 0.416 e. The summed E-state index contributed by atoms with van der Waals surface area (Å²) in [5.41, 5.74) is -0.0278. The van der Waals surface area contributed by atoms with E-state index in [0.29, 0.717) is 36.4 Å². The van der Waals surface area contributed by atoms with E-state index in [-0.39, 0.29) is 5.69 Å². The first-order valence-corrected chi connectivity index (χ1v) is 9.84. The van der Waals surface area contributed by atoms with Crippen LogP contribution in [0.25, 0.3) is 5.76 Å². The maximum absolute atomic E-state index is 13.0. The lowest BCUT2D eigenvalue weighted by Gasteiger charge is -2.25. The van der Waals surface area contributed by atoms with E-state index < -0.39 is 22.9 Å². The van der Waals surface area contributed by atoms with Crippen LogP contribution in [-0.2, 0) is 17.5 Å². The molecule has 0 saturated carbocycles. The van der Waals surface area contributed by atoms with Crippen LogP contribution in [0.3, 0.4) is 0 Å². The van der Waals surface area contributed by atoms with E-state index in [1.54, 1.807) is 36.9 Å². The van der Waals surface area contributed by atoms with Crippen molar-refractivity contribution in [2.75, 3.05) is 6.54 Å². The summed E-state index contributed by atoms with van der Waals surface area (Å²) in [6.45, 7) is 1.21. The van der Waals surface area contributed by atoms with E-state index >= 15 is 0 Å². The van der Waals surface area contributed by atoms with Crippen LogP contribution < -0.4 is 0 Å². The average Bonchev–Trinajstić information content (AvgIpc) is 3.43. The summed E-state index contributed by atoms with van der Waals surface area (Å²) in [4.78, 5) is 16.8. The van der Waals surface area contributed by atoms with Gasteiger partial charge < -0.3 is 14.2 Å². The molecule has 7 nitrogen and oxygen atoms in total. The normalized spacial score (nSPS) is 16.0. The summed E-state index contributed by atoms with van der Waals surface area (Å²) in [7, 11) is 0. The molecule has 1 aromatic heterocycles. The summed E-state index contributed by atoms with van der Waals surface area (Å²) in [6.07, 6.45) is 2.46. The van der Waals surface area contributed by atoms with Crippen LogP contribution in [0, 0.1) is 10.1 Å². The fourth-order valence-electron chi connectivity index (χ4n) is 3.54.